The van der Waals surface area contributed by atoms with Crippen molar-refractivity contribution in [1.82, 2.24) is 4.90 Å². The molecule has 0 aliphatic carbocycles. The summed E-state index contributed by atoms with van der Waals surface area (Å²) in [5.74, 6) is 0. The van der Waals surface area contributed by atoms with Gasteiger partial charge in [-0.1, -0.05) is 6.92 Å². The van der Waals surface area contributed by atoms with E-state index in [1.807, 2.05) is 13.8 Å². The third-order valence-electron chi connectivity index (χ3n) is 2.52. The van der Waals surface area contributed by atoms with E-state index in [-0.39, 0.29) is 5.54 Å². The van der Waals surface area contributed by atoms with Crippen molar-refractivity contribution in [3.8, 4) is 0 Å². The predicted octanol–water partition coefficient (Wildman–Crippen LogP) is 1.88. The van der Waals surface area contributed by atoms with E-state index in [0.717, 1.165) is 6.42 Å². The lowest BCUT2D eigenvalue weighted by Gasteiger charge is -2.38. The van der Waals surface area contributed by atoms with Crippen molar-refractivity contribution in [2.45, 2.75) is 52.2 Å². The van der Waals surface area contributed by atoms with E-state index in [2.05, 4.69) is 32.7 Å². The minimum atomic E-state index is -0.596. The molecule has 2 nitrogen and oxygen atoms in total. The molecule has 1 N–H and O–H groups in total. The summed E-state index contributed by atoms with van der Waals surface area (Å²) in [4.78, 5) is 2.20. The average Bonchev–Trinajstić information content (AvgIpc) is 1.84. The molecule has 0 heterocycles. The van der Waals surface area contributed by atoms with E-state index in [1.165, 1.54) is 0 Å². The minimum Gasteiger partial charge on any atom is -0.389 e. The van der Waals surface area contributed by atoms with E-state index in [4.69, 9.17) is 0 Å². The SMILES string of the molecule is CCC(C)(C)N(C)CC(C)(C)O. The summed E-state index contributed by atoms with van der Waals surface area (Å²) in [6, 6.07) is 0. The summed E-state index contributed by atoms with van der Waals surface area (Å²) in [5, 5.41) is 9.61. The van der Waals surface area contributed by atoms with Crippen LogP contribution in [0.2, 0.25) is 0 Å². The maximum absolute atomic E-state index is 9.61. The van der Waals surface area contributed by atoms with Crippen molar-refractivity contribution in [2.75, 3.05) is 13.6 Å². The molecule has 0 atom stereocenters. The molecule has 12 heavy (non-hydrogen) atoms. The van der Waals surface area contributed by atoms with Gasteiger partial charge in [-0.25, -0.2) is 0 Å². The second-order valence-corrected chi connectivity index (χ2v) is 4.83. The van der Waals surface area contributed by atoms with Gasteiger partial charge in [-0.05, 0) is 41.2 Å². The van der Waals surface area contributed by atoms with Gasteiger partial charge >= 0.3 is 0 Å². The van der Waals surface area contributed by atoms with Crippen LogP contribution in [0.4, 0.5) is 0 Å². The maximum atomic E-state index is 9.61. The molecule has 0 aromatic rings. The van der Waals surface area contributed by atoms with E-state index in [9.17, 15) is 5.11 Å². The van der Waals surface area contributed by atoms with Crippen molar-refractivity contribution >= 4 is 0 Å². The summed E-state index contributed by atoms with van der Waals surface area (Å²) in [7, 11) is 2.06. The first kappa shape index (κ1) is 11.9. The molecule has 0 amide bonds. The monoisotopic (exact) mass is 173 g/mol. The maximum Gasteiger partial charge on any atom is 0.0718 e. The van der Waals surface area contributed by atoms with Gasteiger partial charge in [0.15, 0.2) is 0 Å². The Balaban J connectivity index is 4.13. The topological polar surface area (TPSA) is 23.5 Å². The Morgan fingerprint density at radius 2 is 1.58 bits per heavy atom. The van der Waals surface area contributed by atoms with Crippen LogP contribution in [0.5, 0.6) is 0 Å². The van der Waals surface area contributed by atoms with Crippen LogP contribution in [0.25, 0.3) is 0 Å². The highest BCUT2D eigenvalue weighted by atomic mass is 16.3. The standard InChI is InChI=1S/C10H23NO/c1-7-9(2,3)11(6)8-10(4,5)12/h12H,7-8H2,1-6H3. The lowest BCUT2D eigenvalue weighted by molar-refractivity contribution is 0.0108. The van der Waals surface area contributed by atoms with Gasteiger partial charge in [0.05, 0.1) is 5.60 Å². The Morgan fingerprint density at radius 1 is 1.17 bits per heavy atom. The van der Waals surface area contributed by atoms with E-state index in [1.54, 1.807) is 0 Å². The van der Waals surface area contributed by atoms with Crippen molar-refractivity contribution in [3.63, 3.8) is 0 Å². The summed E-state index contributed by atoms with van der Waals surface area (Å²) in [6.45, 7) is 11.0. The van der Waals surface area contributed by atoms with Crippen molar-refractivity contribution in [3.05, 3.63) is 0 Å². The highest BCUT2D eigenvalue weighted by Gasteiger charge is 2.25. The molecule has 0 aromatic carbocycles. The summed E-state index contributed by atoms with van der Waals surface area (Å²) in [5.41, 5.74) is -0.415. The van der Waals surface area contributed by atoms with Gasteiger partial charge in [-0.15, -0.1) is 0 Å². The zero-order valence-corrected chi connectivity index (χ0v) is 9.31. The first-order valence-electron chi connectivity index (χ1n) is 4.62. The average molecular weight is 173 g/mol. The number of likely N-dealkylation sites (N-methyl/N-ethyl adjacent to an activating group) is 1. The molecular formula is C10H23NO. The summed E-state index contributed by atoms with van der Waals surface area (Å²) < 4.78 is 0. The van der Waals surface area contributed by atoms with Crippen LogP contribution in [0, 0.1) is 0 Å². The number of hydrogen-bond acceptors (Lipinski definition) is 2. The third kappa shape index (κ3) is 4.07. The molecule has 0 fully saturated rings. The zero-order chi connectivity index (χ0) is 9.99. The van der Waals surface area contributed by atoms with Gasteiger partial charge in [0.25, 0.3) is 0 Å². The van der Waals surface area contributed by atoms with Crippen molar-refractivity contribution in [1.29, 1.82) is 0 Å². The fourth-order valence-corrected chi connectivity index (χ4v) is 1.06. The molecule has 0 aromatic heterocycles. The Kier molecular flexibility index (Phi) is 3.73. The third-order valence-corrected chi connectivity index (χ3v) is 2.52. The summed E-state index contributed by atoms with van der Waals surface area (Å²) >= 11 is 0. The van der Waals surface area contributed by atoms with Crippen LogP contribution in [0.3, 0.4) is 0 Å². The first-order chi connectivity index (χ1) is 5.19. The molecule has 0 aliphatic heterocycles. The van der Waals surface area contributed by atoms with Gasteiger partial charge in [-0.2, -0.15) is 0 Å². The van der Waals surface area contributed by atoms with Gasteiger partial charge in [0.1, 0.15) is 0 Å². The second kappa shape index (κ2) is 3.75. The van der Waals surface area contributed by atoms with Gasteiger partial charge in [0.2, 0.25) is 0 Å². The lowest BCUT2D eigenvalue weighted by Crippen LogP contribution is -2.47. The highest BCUT2D eigenvalue weighted by Crippen LogP contribution is 2.18. The molecule has 2 heteroatoms. The molecule has 0 aliphatic rings. The normalized spacial score (nSPS) is 14.0. The Hall–Kier alpha value is -0.0800. The number of aliphatic hydroxyl groups is 1. The van der Waals surface area contributed by atoms with Crippen molar-refractivity contribution in [2.24, 2.45) is 0 Å². The molecule has 0 spiro atoms. The zero-order valence-electron chi connectivity index (χ0n) is 9.31. The Morgan fingerprint density at radius 3 is 1.83 bits per heavy atom. The number of rotatable bonds is 4. The fourth-order valence-electron chi connectivity index (χ4n) is 1.06. The largest absolute Gasteiger partial charge is 0.389 e. The van der Waals surface area contributed by atoms with E-state index < -0.39 is 5.60 Å². The molecular weight excluding hydrogens is 150 g/mol. The highest BCUT2D eigenvalue weighted by molar-refractivity contribution is 4.81. The van der Waals surface area contributed by atoms with Crippen LogP contribution in [0.15, 0.2) is 0 Å². The first-order valence-corrected chi connectivity index (χ1v) is 4.62. The Bertz CT molecular complexity index is 135. The van der Waals surface area contributed by atoms with E-state index >= 15 is 0 Å². The molecule has 0 unspecified atom stereocenters. The quantitative estimate of drug-likeness (QED) is 0.701. The van der Waals surface area contributed by atoms with Crippen LogP contribution in [-0.4, -0.2) is 34.7 Å². The van der Waals surface area contributed by atoms with Crippen LogP contribution in [0.1, 0.15) is 41.0 Å². The number of hydrogen-bond donors (Lipinski definition) is 1. The van der Waals surface area contributed by atoms with Gasteiger partial charge in [0, 0.05) is 12.1 Å². The predicted molar refractivity (Wildman–Crippen MR) is 53.3 cm³/mol. The Labute approximate surface area is 76.6 Å². The number of β-amino-alcohol motifs (C(OH)–C–C–N with tert-alkyl or cyclic N) is 1. The van der Waals surface area contributed by atoms with Gasteiger partial charge in [-0.3, -0.25) is 4.90 Å². The number of nitrogens with zero attached hydrogens (tertiary/aromatic N) is 1. The van der Waals surface area contributed by atoms with E-state index in [0.29, 0.717) is 6.54 Å². The van der Waals surface area contributed by atoms with Crippen molar-refractivity contribution < 1.29 is 5.11 Å². The molecule has 0 radical (unpaired) electrons. The van der Waals surface area contributed by atoms with Gasteiger partial charge < -0.3 is 5.11 Å². The lowest BCUT2D eigenvalue weighted by atomic mass is 9.98. The van der Waals surface area contributed by atoms with Crippen LogP contribution < -0.4 is 0 Å². The smallest absolute Gasteiger partial charge is 0.0718 e. The summed E-state index contributed by atoms with van der Waals surface area (Å²) in [6.07, 6.45) is 1.10. The molecule has 0 bridgehead atoms. The molecule has 0 saturated carbocycles. The van der Waals surface area contributed by atoms with Crippen LogP contribution >= 0.6 is 0 Å². The fraction of sp³-hybridized carbons (Fsp3) is 1.00. The van der Waals surface area contributed by atoms with Crippen LogP contribution in [-0.2, 0) is 0 Å². The molecule has 0 rings (SSSR count). The molecule has 0 saturated heterocycles. The second-order valence-electron chi connectivity index (χ2n) is 4.83. The molecule has 74 valence electrons. The minimum absolute atomic E-state index is 0.181.